The number of aromatic amines is 1. The Hall–Kier alpha value is -4.53. The minimum absolute atomic E-state index is 0.607. The molecule has 9 heteroatoms. The van der Waals surface area contributed by atoms with E-state index in [0.29, 0.717) is 18.4 Å². The highest BCUT2D eigenvalue weighted by Gasteiger charge is 2.25. The van der Waals surface area contributed by atoms with Crippen molar-refractivity contribution in [2.24, 2.45) is 0 Å². The Balaban J connectivity index is 1.23. The fourth-order valence-electron chi connectivity index (χ4n) is 4.52. The van der Waals surface area contributed by atoms with Gasteiger partial charge in [-0.05, 0) is 31.4 Å². The minimum atomic E-state index is 0.607. The number of fused-ring (bicyclic) bond motifs is 2. The maximum atomic E-state index is 4.91. The molecule has 0 saturated heterocycles. The Bertz CT molecular complexity index is 1680. The van der Waals surface area contributed by atoms with Crippen LogP contribution in [0.4, 0.5) is 11.8 Å². The lowest BCUT2D eigenvalue weighted by Gasteiger charge is -2.08. The molecule has 1 aliphatic rings. The van der Waals surface area contributed by atoms with Crippen molar-refractivity contribution in [3.8, 4) is 11.3 Å². The van der Waals surface area contributed by atoms with Crippen LogP contribution in [0.1, 0.15) is 35.7 Å². The molecule has 0 unspecified atom stereocenters. The van der Waals surface area contributed by atoms with Crippen LogP contribution in [0.15, 0.2) is 67.3 Å². The van der Waals surface area contributed by atoms with E-state index in [1.807, 2.05) is 52.9 Å². The average molecular weight is 462 g/mol. The van der Waals surface area contributed by atoms with Crippen molar-refractivity contribution in [2.45, 2.75) is 32.2 Å². The average Bonchev–Trinajstić information content (AvgIpc) is 3.24. The fraction of sp³-hybridized carbons (Fsp3) is 0.192. The summed E-state index contributed by atoms with van der Waals surface area (Å²) in [6.07, 6.45) is 10.1. The third kappa shape index (κ3) is 3.71. The van der Waals surface area contributed by atoms with E-state index in [9.17, 15) is 0 Å². The topological polar surface area (TPSA) is 102 Å². The summed E-state index contributed by atoms with van der Waals surface area (Å²) in [5.41, 5.74) is 6.75. The van der Waals surface area contributed by atoms with E-state index in [4.69, 9.17) is 4.98 Å². The highest BCUT2D eigenvalue weighted by Crippen LogP contribution is 2.39. The SMILES string of the molecule is Cc1cn2c(Nc3cc(C4CC4)[nH]n3)nc(-c3cnn(Cc4cccc5cccnc45)c3)cc2n1. The Morgan fingerprint density at radius 2 is 2.00 bits per heavy atom. The normalized spacial score (nSPS) is 13.6. The smallest absolute Gasteiger partial charge is 0.215 e. The van der Waals surface area contributed by atoms with Crippen LogP contribution in [-0.2, 0) is 6.54 Å². The lowest BCUT2D eigenvalue weighted by atomic mass is 10.1. The highest BCUT2D eigenvalue weighted by atomic mass is 15.3. The molecule has 0 aliphatic heterocycles. The van der Waals surface area contributed by atoms with Gasteiger partial charge in [-0.25, -0.2) is 9.97 Å². The van der Waals surface area contributed by atoms with Crippen molar-refractivity contribution in [1.29, 1.82) is 0 Å². The Morgan fingerprint density at radius 1 is 1.09 bits per heavy atom. The van der Waals surface area contributed by atoms with E-state index in [1.165, 1.54) is 18.5 Å². The molecule has 0 atom stereocenters. The number of aryl methyl sites for hydroxylation is 1. The van der Waals surface area contributed by atoms with E-state index in [1.54, 1.807) is 0 Å². The first-order valence-corrected chi connectivity index (χ1v) is 11.7. The van der Waals surface area contributed by atoms with Crippen LogP contribution in [0.3, 0.4) is 0 Å². The van der Waals surface area contributed by atoms with Gasteiger partial charge in [-0.2, -0.15) is 10.2 Å². The zero-order valence-electron chi connectivity index (χ0n) is 19.2. The lowest BCUT2D eigenvalue weighted by molar-refractivity contribution is 0.689. The molecule has 0 spiro atoms. The summed E-state index contributed by atoms with van der Waals surface area (Å²) in [7, 11) is 0. The Labute approximate surface area is 200 Å². The van der Waals surface area contributed by atoms with Gasteiger partial charge < -0.3 is 5.32 Å². The molecule has 35 heavy (non-hydrogen) atoms. The first-order chi connectivity index (χ1) is 17.2. The van der Waals surface area contributed by atoms with Gasteiger partial charge in [0.15, 0.2) is 5.82 Å². The number of rotatable bonds is 6. The molecule has 1 aromatic carbocycles. The number of hydrogen-bond acceptors (Lipinski definition) is 6. The number of aromatic nitrogens is 8. The van der Waals surface area contributed by atoms with Crippen LogP contribution in [0.5, 0.6) is 0 Å². The highest BCUT2D eigenvalue weighted by molar-refractivity contribution is 5.81. The zero-order valence-corrected chi connectivity index (χ0v) is 19.2. The molecule has 6 aromatic rings. The predicted molar refractivity (Wildman–Crippen MR) is 134 cm³/mol. The number of benzene rings is 1. The van der Waals surface area contributed by atoms with Crippen LogP contribution in [0.25, 0.3) is 27.8 Å². The van der Waals surface area contributed by atoms with Gasteiger partial charge >= 0.3 is 0 Å². The molecule has 1 aliphatic carbocycles. The summed E-state index contributed by atoms with van der Waals surface area (Å²) in [6, 6.07) is 14.3. The van der Waals surface area contributed by atoms with E-state index in [2.05, 4.69) is 60.9 Å². The molecule has 5 heterocycles. The maximum absolute atomic E-state index is 4.91. The first kappa shape index (κ1) is 19.9. The molecule has 1 fully saturated rings. The number of hydrogen-bond donors (Lipinski definition) is 2. The molecular weight excluding hydrogens is 438 g/mol. The Morgan fingerprint density at radius 3 is 2.91 bits per heavy atom. The van der Waals surface area contributed by atoms with E-state index in [0.717, 1.165) is 44.9 Å². The van der Waals surface area contributed by atoms with Gasteiger partial charge in [-0.1, -0.05) is 24.3 Å². The molecule has 172 valence electrons. The van der Waals surface area contributed by atoms with Gasteiger partial charge in [-0.15, -0.1) is 0 Å². The largest absolute Gasteiger partial charge is 0.308 e. The quantitative estimate of drug-likeness (QED) is 0.368. The summed E-state index contributed by atoms with van der Waals surface area (Å²) in [5.74, 6) is 2.02. The second-order valence-electron chi connectivity index (χ2n) is 9.10. The second-order valence-corrected chi connectivity index (χ2v) is 9.10. The lowest BCUT2D eigenvalue weighted by Crippen LogP contribution is -2.03. The summed E-state index contributed by atoms with van der Waals surface area (Å²) < 4.78 is 3.88. The van der Waals surface area contributed by atoms with Crippen molar-refractivity contribution in [2.75, 3.05) is 5.32 Å². The molecule has 0 radical (unpaired) electrons. The maximum Gasteiger partial charge on any atom is 0.215 e. The predicted octanol–water partition coefficient (Wildman–Crippen LogP) is 4.84. The van der Waals surface area contributed by atoms with Crippen molar-refractivity contribution in [3.05, 3.63) is 84.2 Å². The number of pyridine rings is 1. The third-order valence-electron chi connectivity index (χ3n) is 6.41. The molecule has 7 rings (SSSR count). The van der Waals surface area contributed by atoms with Gasteiger partial charge in [0.05, 0.1) is 29.6 Å². The molecule has 0 bridgehead atoms. The molecule has 9 nitrogen and oxygen atoms in total. The summed E-state index contributed by atoms with van der Waals surface area (Å²) in [5, 5.41) is 16.7. The first-order valence-electron chi connectivity index (χ1n) is 11.7. The molecule has 2 N–H and O–H groups in total. The number of imidazole rings is 1. The van der Waals surface area contributed by atoms with Crippen LogP contribution in [0.2, 0.25) is 0 Å². The van der Waals surface area contributed by atoms with Crippen molar-refractivity contribution >= 4 is 28.3 Å². The fourth-order valence-corrected chi connectivity index (χ4v) is 4.52. The van der Waals surface area contributed by atoms with Crippen molar-refractivity contribution in [1.82, 2.24) is 39.3 Å². The molecular formula is C26H23N9. The zero-order chi connectivity index (χ0) is 23.4. The monoisotopic (exact) mass is 461 g/mol. The van der Waals surface area contributed by atoms with Crippen LogP contribution >= 0.6 is 0 Å². The van der Waals surface area contributed by atoms with Crippen molar-refractivity contribution < 1.29 is 0 Å². The third-order valence-corrected chi connectivity index (χ3v) is 6.41. The number of anilines is 2. The summed E-state index contributed by atoms with van der Waals surface area (Å²) in [6.45, 7) is 2.61. The second kappa shape index (κ2) is 7.76. The van der Waals surface area contributed by atoms with Gasteiger partial charge in [0, 0.05) is 53.3 Å². The molecule has 5 aromatic heterocycles. The van der Waals surface area contributed by atoms with Crippen molar-refractivity contribution in [3.63, 3.8) is 0 Å². The summed E-state index contributed by atoms with van der Waals surface area (Å²) in [4.78, 5) is 14.2. The Kier molecular flexibility index (Phi) is 4.41. The number of nitrogens with zero attached hydrogens (tertiary/aromatic N) is 7. The molecule has 1 saturated carbocycles. The van der Waals surface area contributed by atoms with E-state index >= 15 is 0 Å². The van der Waals surface area contributed by atoms with Crippen LogP contribution in [0, 0.1) is 6.92 Å². The van der Waals surface area contributed by atoms with Crippen LogP contribution < -0.4 is 5.32 Å². The minimum Gasteiger partial charge on any atom is -0.308 e. The van der Waals surface area contributed by atoms with Gasteiger partial charge in [0.1, 0.15) is 5.65 Å². The summed E-state index contributed by atoms with van der Waals surface area (Å²) >= 11 is 0. The van der Waals surface area contributed by atoms with E-state index < -0.39 is 0 Å². The molecule has 0 amide bonds. The number of para-hydroxylation sites is 1. The van der Waals surface area contributed by atoms with Gasteiger partial charge in [-0.3, -0.25) is 19.2 Å². The standard InChI is InChI=1S/C26H23N9/c1-16-13-35-24(29-16)11-21(30-26(35)31-23-10-22(32-33-23)17-7-8-17)20-12-28-34(15-20)14-19-5-2-4-18-6-3-9-27-25(18)19/h2-6,9-13,15,17H,7-8,14H2,1H3,(H2,30,31,32,33). The van der Waals surface area contributed by atoms with Gasteiger partial charge in [0.25, 0.3) is 0 Å². The number of nitrogens with one attached hydrogen (secondary N) is 2. The van der Waals surface area contributed by atoms with Crippen LogP contribution in [-0.4, -0.2) is 39.3 Å². The van der Waals surface area contributed by atoms with E-state index in [-0.39, 0.29) is 0 Å². The number of H-pyrrole nitrogens is 1. The van der Waals surface area contributed by atoms with Gasteiger partial charge in [0.2, 0.25) is 5.95 Å².